The summed E-state index contributed by atoms with van der Waals surface area (Å²) in [4.78, 5) is 18.5. The Morgan fingerprint density at radius 3 is 2.58 bits per heavy atom. The molecular weight excluding hydrogens is 571 g/mol. The van der Waals surface area contributed by atoms with Crippen molar-refractivity contribution in [1.29, 1.82) is 0 Å². The van der Waals surface area contributed by atoms with Gasteiger partial charge in [-0.1, -0.05) is 40.2 Å². The van der Waals surface area contributed by atoms with Crippen LogP contribution in [0.3, 0.4) is 0 Å². The number of nitrogens with one attached hydrogen (secondary N) is 1. The number of hydrogen-bond donors (Lipinski definition) is 2. The zero-order valence-corrected chi connectivity index (χ0v) is 22.5. The third-order valence-corrected chi connectivity index (χ3v) is 6.88. The Balaban J connectivity index is 0.00000294. The van der Waals surface area contributed by atoms with Gasteiger partial charge in [0.25, 0.3) is 0 Å². The van der Waals surface area contributed by atoms with E-state index in [0.717, 1.165) is 44.5 Å². The van der Waals surface area contributed by atoms with Crippen LogP contribution in [0.4, 0.5) is 10.2 Å². The van der Waals surface area contributed by atoms with Gasteiger partial charge in [-0.2, -0.15) is 0 Å². The van der Waals surface area contributed by atoms with E-state index in [-0.39, 0.29) is 24.3 Å². The van der Waals surface area contributed by atoms with E-state index in [0.29, 0.717) is 35.7 Å². The molecule has 7 nitrogen and oxygen atoms in total. The fourth-order valence-electron chi connectivity index (χ4n) is 4.76. The van der Waals surface area contributed by atoms with Gasteiger partial charge in [-0.3, -0.25) is 4.98 Å². The highest BCUT2D eigenvalue weighted by Gasteiger charge is 2.27. The Hall–Kier alpha value is -3.50. The van der Waals surface area contributed by atoms with Crippen LogP contribution in [-0.4, -0.2) is 39.6 Å². The van der Waals surface area contributed by atoms with Gasteiger partial charge in [0.05, 0.1) is 23.4 Å². The molecule has 5 aromatic rings. The quantitative estimate of drug-likeness (QED) is 0.264. The maximum absolute atomic E-state index is 14.0. The lowest BCUT2D eigenvalue weighted by Gasteiger charge is -2.26. The average molecular weight is 594 g/mol. The molecule has 0 radical (unpaired) electrons. The van der Waals surface area contributed by atoms with E-state index in [1.807, 2.05) is 36.4 Å². The molecule has 10 heteroatoms. The smallest absolute Gasteiger partial charge is 0.165 e. The number of halogens is 3. The standard InChI is InChI=1S/C28H22BrFN6O.ClH/c29-18-4-1-3-17(13-18)22-23(16-6-8-19(30)9-7-16)26(36-28-24(22)27(31)34-15-35-28)20-5-2-10-33-25(20)21-14-32-11-12-37-21;/h1-10,13,15,21,32H,11-12,14H2,(H2,31,34,35,36);1H. The number of fused-ring (bicyclic) bond motifs is 1. The van der Waals surface area contributed by atoms with Crippen molar-refractivity contribution < 1.29 is 9.13 Å². The van der Waals surface area contributed by atoms with Gasteiger partial charge in [0.1, 0.15) is 24.1 Å². The summed E-state index contributed by atoms with van der Waals surface area (Å²) < 4.78 is 21.0. The van der Waals surface area contributed by atoms with Gasteiger partial charge in [0.15, 0.2) is 5.65 Å². The van der Waals surface area contributed by atoms with E-state index in [9.17, 15) is 4.39 Å². The number of benzene rings is 2. The summed E-state index contributed by atoms with van der Waals surface area (Å²) in [6, 6.07) is 18.2. The van der Waals surface area contributed by atoms with Gasteiger partial charge >= 0.3 is 0 Å². The molecule has 6 rings (SSSR count). The van der Waals surface area contributed by atoms with Crippen LogP contribution in [0.1, 0.15) is 11.8 Å². The monoisotopic (exact) mass is 592 g/mol. The number of rotatable bonds is 4. The number of ether oxygens (including phenoxy) is 1. The fourth-order valence-corrected chi connectivity index (χ4v) is 5.16. The Kier molecular flexibility index (Phi) is 7.62. The SMILES string of the molecule is Cl.Nc1ncnc2nc(-c3cccnc3C3CNCCO3)c(-c3ccc(F)cc3)c(-c3cccc(Br)c3)c12. The zero-order valence-electron chi connectivity index (χ0n) is 20.1. The van der Waals surface area contributed by atoms with E-state index >= 15 is 0 Å². The number of nitrogens with zero attached hydrogens (tertiary/aromatic N) is 4. The second-order valence-electron chi connectivity index (χ2n) is 8.68. The zero-order chi connectivity index (χ0) is 25.4. The number of pyridine rings is 2. The Morgan fingerprint density at radius 2 is 1.82 bits per heavy atom. The first-order valence-corrected chi connectivity index (χ1v) is 12.6. The fraction of sp³-hybridized carbons (Fsp3) is 0.143. The van der Waals surface area contributed by atoms with Crippen LogP contribution in [0.15, 0.2) is 77.7 Å². The molecule has 192 valence electrons. The van der Waals surface area contributed by atoms with E-state index in [1.165, 1.54) is 18.5 Å². The van der Waals surface area contributed by atoms with Crippen molar-refractivity contribution in [1.82, 2.24) is 25.3 Å². The summed E-state index contributed by atoms with van der Waals surface area (Å²) in [6.07, 6.45) is 2.92. The second-order valence-corrected chi connectivity index (χ2v) is 9.60. The predicted molar refractivity (Wildman–Crippen MR) is 152 cm³/mol. The summed E-state index contributed by atoms with van der Waals surface area (Å²) in [5.74, 6) is -0.0109. The summed E-state index contributed by atoms with van der Waals surface area (Å²) in [7, 11) is 0. The third kappa shape index (κ3) is 4.86. The van der Waals surface area contributed by atoms with Crippen LogP contribution >= 0.6 is 28.3 Å². The molecule has 0 saturated carbocycles. The van der Waals surface area contributed by atoms with Gasteiger partial charge < -0.3 is 15.8 Å². The molecule has 3 N–H and O–H groups in total. The van der Waals surface area contributed by atoms with Crippen molar-refractivity contribution in [2.45, 2.75) is 6.10 Å². The molecule has 38 heavy (non-hydrogen) atoms. The molecule has 0 amide bonds. The number of morpholine rings is 1. The largest absolute Gasteiger partial charge is 0.383 e. The van der Waals surface area contributed by atoms with E-state index in [1.54, 1.807) is 18.3 Å². The minimum atomic E-state index is -0.324. The molecule has 0 spiro atoms. The minimum Gasteiger partial charge on any atom is -0.383 e. The highest BCUT2D eigenvalue weighted by molar-refractivity contribution is 9.10. The molecule has 2 aromatic carbocycles. The average Bonchev–Trinajstić information content (AvgIpc) is 2.93. The predicted octanol–water partition coefficient (Wildman–Crippen LogP) is 5.99. The molecule has 1 aliphatic heterocycles. The molecule has 1 aliphatic rings. The van der Waals surface area contributed by atoms with Gasteiger partial charge in [-0.25, -0.2) is 19.3 Å². The van der Waals surface area contributed by atoms with Crippen LogP contribution in [-0.2, 0) is 4.74 Å². The van der Waals surface area contributed by atoms with E-state index in [4.69, 9.17) is 20.4 Å². The normalized spacial score (nSPS) is 15.3. The summed E-state index contributed by atoms with van der Waals surface area (Å²) >= 11 is 3.60. The van der Waals surface area contributed by atoms with Gasteiger partial charge in [0.2, 0.25) is 0 Å². The van der Waals surface area contributed by atoms with Crippen LogP contribution in [0, 0.1) is 5.82 Å². The van der Waals surface area contributed by atoms with Gasteiger partial charge in [-0.05, 0) is 47.5 Å². The van der Waals surface area contributed by atoms with Crippen LogP contribution in [0.2, 0.25) is 0 Å². The Bertz CT molecular complexity index is 1610. The molecule has 1 saturated heterocycles. The van der Waals surface area contributed by atoms with Crippen molar-refractivity contribution in [2.24, 2.45) is 0 Å². The van der Waals surface area contributed by atoms with E-state index < -0.39 is 0 Å². The number of aromatic nitrogens is 4. The topological polar surface area (TPSA) is 98.8 Å². The van der Waals surface area contributed by atoms with E-state index in [2.05, 4.69) is 31.2 Å². The molecule has 0 aliphatic carbocycles. The van der Waals surface area contributed by atoms with Crippen molar-refractivity contribution in [3.8, 4) is 33.5 Å². The lowest BCUT2D eigenvalue weighted by molar-refractivity contribution is 0.0254. The number of nitrogens with two attached hydrogens (primary N) is 1. The summed E-state index contributed by atoms with van der Waals surface area (Å²) in [6.45, 7) is 2.01. The summed E-state index contributed by atoms with van der Waals surface area (Å²) in [5.41, 5.74) is 12.4. The van der Waals surface area contributed by atoms with Crippen molar-refractivity contribution in [3.05, 3.63) is 89.2 Å². The molecule has 1 atom stereocenters. The highest BCUT2D eigenvalue weighted by Crippen LogP contribution is 2.45. The number of anilines is 1. The second kappa shape index (κ2) is 11.1. The van der Waals surface area contributed by atoms with Gasteiger partial charge in [0, 0.05) is 40.4 Å². The summed E-state index contributed by atoms with van der Waals surface area (Å²) in [5, 5.41) is 4.01. The molecular formula is C28H23BrClFN6O. The first-order valence-electron chi connectivity index (χ1n) is 11.8. The maximum Gasteiger partial charge on any atom is 0.165 e. The number of nitrogen functional groups attached to an aromatic ring is 1. The lowest BCUT2D eigenvalue weighted by Crippen LogP contribution is -2.34. The Labute approximate surface area is 233 Å². The van der Waals surface area contributed by atoms with Crippen LogP contribution < -0.4 is 11.1 Å². The molecule has 1 unspecified atom stereocenters. The number of hydrogen-bond acceptors (Lipinski definition) is 7. The lowest BCUT2D eigenvalue weighted by atomic mass is 9.88. The first kappa shape index (κ1) is 26.1. The van der Waals surface area contributed by atoms with Crippen molar-refractivity contribution in [2.75, 3.05) is 25.4 Å². The molecule has 3 aromatic heterocycles. The molecule has 1 fully saturated rings. The van der Waals surface area contributed by atoms with Gasteiger partial charge in [-0.15, -0.1) is 12.4 Å². The Morgan fingerprint density at radius 1 is 0.974 bits per heavy atom. The van der Waals surface area contributed by atoms with Crippen LogP contribution in [0.5, 0.6) is 0 Å². The minimum absolute atomic E-state index is 0. The molecule has 4 heterocycles. The first-order chi connectivity index (χ1) is 18.1. The van der Waals surface area contributed by atoms with Crippen molar-refractivity contribution >= 4 is 45.2 Å². The third-order valence-electron chi connectivity index (χ3n) is 6.38. The highest BCUT2D eigenvalue weighted by atomic mass is 79.9. The van der Waals surface area contributed by atoms with Crippen LogP contribution in [0.25, 0.3) is 44.5 Å². The maximum atomic E-state index is 14.0. The molecule has 0 bridgehead atoms. The van der Waals surface area contributed by atoms with Crippen molar-refractivity contribution in [3.63, 3.8) is 0 Å².